The standard InChI is InChI=1S/C12H15N.C2H6/c1-12(2,3)10-6-4-5-9-7-8-13-11(9)10;1-2/h4-8,13H,1-3H3;1-2H3. The Bertz CT molecular complexity index is 418. The number of para-hydroxylation sites is 1. The molecule has 0 saturated carbocycles. The molecule has 0 aliphatic carbocycles. The summed E-state index contributed by atoms with van der Waals surface area (Å²) in [4.78, 5) is 3.29. The van der Waals surface area contributed by atoms with Crippen molar-refractivity contribution in [1.29, 1.82) is 0 Å². The number of fused-ring (bicyclic) bond motifs is 1. The molecular formula is C14H21N. The van der Waals surface area contributed by atoms with E-state index in [1.165, 1.54) is 16.5 Å². The molecule has 0 aliphatic rings. The molecule has 0 spiro atoms. The molecule has 15 heavy (non-hydrogen) atoms. The maximum Gasteiger partial charge on any atom is 0.0491 e. The number of benzene rings is 1. The number of nitrogens with one attached hydrogen (secondary N) is 1. The minimum atomic E-state index is 0.213. The molecule has 1 aromatic heterocycles. The van der Waals surface area contributed by atoms with Crippen LogP contribution >= 0.6 is 0 Å². The zero-order chi connectivity index (χ0) is 11.5. The van der Waals surface area contributed by atoms with Crippen molar-refractivity contribution >= 4 is 10.9 Å². The van der Waals surface area contributed by atoms with Crippen LogP contribution in [0.1, 0.15) is 40.2 Å². The lowest BCUT2D eigenvalue weighted by molar-refractivity contribution is 0.595. The molecule has 0 atom stereocenters. The van der Waals surface area contributed by atoms with E-state index in [0.29, 0.717) is 0 Å². The molecule has 0 bridgehead atoms. The van der Waals surface area contributed by atoms with E-state index in [0.717, 1.165) is 0 Å². The average molecular weight is 203 g/mol. The number of hydrogen-bond donors (Lipinski definition) is 1. The molecule has 82 valence electrons. The zero-order valence-corrected chi connectivity index (χ0v) is 10.4. The minimum Gasteiger partial charge on any atom is -0.361 e. The van der Waals surface area contributed by atoms with Gasteiger partial charge in [0.25, 0.3) is 0 Å². The normalized spacial score (nSPS) is 11.0. The lowest BCUT2D eigenvalue weighted by Gasteiger charge is -2.19. The summed E-state index contributed by atoms with van der Waals surface area (Å²) >= 11 is 0. The van der Waals surface area contributed by atoms with Crippen LogP contribution in [0.15, 0.2) is 30.5 Å². The predicted octanol–water partition coefficient (Wildman–Crippen LogP) is 4.49. The molecule has 0 fully saturated rings. The van der Waals surface area contributed by atoms with Gasteiger partial charge in [-0.1, -0.05) is 52.8 Å². The van der Waals surface area contributed by atoms with Crippen LogP contribution in [0.25, 0.3) is 10.9 Å². The van der Waals surface area contributed by atoms with Crippen molar-refractivity contribution in [3.63, 3.8) is 0 Å². The van der Waals surface area contributed by atoms with Crippen LogP contribution in [0.2, 0.25) is 0 Å². The Morgan fingerprint density at radius 2 is 1.67 bits per heavy atom. The summed E-state index contributed by atoms with van der Waals surface area (Å²) in [6.07, 6.45) is 2.00. The summed E-state index contributed by atoms with van der Waals surface area (Å²) in [6.45, 7) is 10.7. The van der Waals surface area contributed by atoms with Crippen LogP contribution in [0.5, 0.6) is 0 Å². The largest absolute Gasteiger partial charge is 0.361 e. The van der Waals surface area contributed by atoms with Gasteiger partial charge in [-0.25, -0.2) is 0 Å². The maximum absolute atomic E-state index is 3.29. The van der Waals surface area contributed by atoms with Crippen LogP contribution in [0, 0.1) is 0 Å². The van der Waals surface area contributed by atoms with Crippen LogP contribution < -0.4 is 0 Å². The smallest absolute Gasteiger partial charge is 0.0491 e. The summed E-state index contributed by atoms with van der Waals surface area (Å²) in [6, 6.07) is 8.57. The lowest BCUT2D eigenvalue weighted by Crippen LogP contribution is -2.11. The fourth-order valence-electron chi connectivity index (χ4n) is 1.71. The number of aromatic nitrogens is 1. The predicted molar refractivity (Wildman–Crippen MR) is 68.3 cm³/mol. The Morgan fingerprint density at radius 1 is 1.00 bits per heavy atom. The molecular weight excluding hydrogens is 182 g/mol. The second kappa shape index (κ2) is 4.52. The molecule has 1 heterocycles. The molecule has 2 rings (SSSR count). The minimum absolute atomic E-state index is 0.213. The van der Waals surface area contributed by atoms with Crippen LogP contribution in [-0.4, -0.2) is 4.98 Å². The van der Waals surface area contributed by atoms with E-state index < -0.39 is 0 Å². The Morgan fingerprint density at radius 3 is 2.27 bits per heavy atom. The van der Waals surface area contributed by atoms with Crippen molar-refractivity contribution in [1.82, 2.24) is 4.98 Å². The molecule has 0 amide bonds. The zero-order valence-electron chi connectivity index (χ0n) is 10.4. The van der Waals surface area contributed by atoms with Crippen molar-refractivity contribution in [2.75, 3.05) is 0 Å². The van der Waals surface area contributed by atoms with Crippen molar-refractivity contribution < 1.29 is 0 Å². The summed E-state index contributed by atoms with van der Waals surface area (Å²) in [5.74, 6) is 0. The van der Waals surface area contributed by atoms with Gasteiger partial charge in [-0.15, -0.1) is 0 Å². The first-order chi connectivity index (χ1) is 7.09. The Hall–Kier alpha value is -1.24. The number of rotatable bonds is 0. The van der Waals surface area contributed by atoms with Crippen molar-refractivity contribution in [3.8, 4) is 0 Å². The Kier molecular flexibility index (Phi) is 3.57. The second-order valence-corrected chi connectivity index (χ2v) is 4.50. The first-order valence-corrected chi connectivity index (χ1v) is 5.65. The van der Waals surface area contributed by atoms with E-state index in [4.69, 9.17) is 0 Å². The van der Waals surface area contributed by atoms with Gasteiger partial charge in [0.15, 0.2) is 0 Å². The van der Waals surface area contributed by atoms with E-state index in [9.17, 15) is 0 Å². The third-order valence-corrected chi connectivity index (χ3v) is 2.40. The molecule has 0 saturated heterocycles. The summed E-state index contributed by atoms with van der Waals surface area (Å²) in [5, 5.41) is 1.30. The molecule has 1 aromatic carbocycles. The molecule has 1 nitrogen and oxygen atoms in total. The third-order valence-electron chi connectivity index (χ3n) is 2.40. The van der Waals surface area contributed by atoms with Crippen molar-refractivity contribution in [2.24, 2.45) is 0 Å². The third kappa shape index (κ3) is 2.41. The van der Waals surface area contributed by atoms with E-state index >= 15 is 0 Å². The number of H-pyrrole nitrogens is 1. The monoisotopic (exact) mass is 203 g/mol. The van der Waals surface area contributed by atoms with Gasteiger partial charge in [0.1, 0.15) is 0 Å². The molecule has 0 aliphatic heterocycles. The fourth-order valence-corrected chi connectivity index (χ4v) is 1.71. The Balaban J connectivity index is 0.000000531. The number of aromatic amines is 1. The highest BCUT2D eigenvalue weighted by Gasteiger charge is 2.16. The quantitative estimate of drug-likeness (QED) is 0.649. The van der Waals surface area contributed by atoms with Gasteiger partial charge < -0.3 is 4.98 Å². The molecule has 1 heteroatoms. The molecule has 0 unspecified atom stereocenters. The van der Waals surface area contributed by atoms with E-state index in [-0.39, 0.29) is 5.41 Å². The first-order valence-electron chi connectivity index (χ1n) is 5.65. The van der Waals surface area contributed by atoms with Gasteiger partial charge in [0, 0.05) is 11.7 Å². The van der Waals surface area contributed by atoms with Crippen LogP contribution in [0.4, 0.5) is 0 Å². The van der Waals surface area contributed by atoms with E-state index in [1.807, 2.05) is 20.0 Å². The maximum atomic E-state index is 3.29. The van der Waals surface area contributed by atoms with Crippen molar-refractivity contribution in [2.45, 2.75) is 40.0 Å². The van der Waals surface area contributed by atoms with Gasteiger partial charge in [-0.3, -0.25) is 0 Å². The fraction of sp³-hybridized carbons (Fsp3) is 0.429. The molecule has 2 aromatic rings. The van der Waals surface area contributed by atoms with Gasteiger partial charge in [0.2, 0.25) is 0 Å². The second-order valence-electron chi connectivity index (χ2n) is 4.50. The van der Waals surface area contributed by atoms with E-state index in [1.54, 1.807) is 0 Å². The highest BCUT2D eigenvalue weighted by atomic mass is 14.7. The van der Waals surface area contributed by atoms with Crippen molar-refractivity contribution in [3.05, 3.63) is 36.0 Å². The highest BCUT2D eigenvalue weighted by Crippen LogP contribution is 2.28. The van der Waals surface area contributed by atoms with Crippen LogP contribution in [-0.2, 0) is 5.41 Å². The van der Waals surface area contributed by atoms with E-state index in [2.05, 4.69) is 50.0 Å². The topological polar surface area (TPSA) is 15.8 Å². The molecule has 0 radical (unpaired) electrons. The summed E-state index contributed by atoms with van der Waals surface area (Å²) in [5.41, 5.74) is 2.87. The summed E-state index contributed by atoms with van der Waals surface area (Å²) in [7, 11) is 0. The number of hydrogen-bond acceptors (Lipinski definition) is 0. The van der Waals surface area contributed by atoms with Gasteiger partial charge in [0.05, 0.1) is 0 Å². The highest BCUT2D eigenvalue weighted by molar-refractivity contribution is 5.83. The van der Waals surface area contributed by atoms with Crippen LogP contribution in [0.3, 0.4) is 0 Å². The SMILES string of the molecule is CC.CC(C)(C)c1cccc2cc[nH]c12. The summed E-state index contributed by atoms with van der Waals surface area (Å²) < 4.78 is 0. The van der Waals surface area contributed by atoms with Gasteiger partial charge in [-0.2, -0.15) is 0 Å². The molecule has 1 N–H and O–H groups in total. The first kappa shape index (κ1) is 11.8. The average Bonchev–Trinajstić information content (AvgIpc) is 2.66. The van der Waals surface area contributed by atoms with Gasteiger partial charge in [-0.05, 0) is 22.4 Å². The Labute approximate surface area is 92.5 Å². The lowest BCUT2D eigenvalue weighted by atomic mass is 9.86. The van der Waals surface area contributed by atoms with Gasteiger partial charge >= 0.3 is 0 Å².